The van der Waals surface area contributed by atoms with Gasteiger partial charge in [0.25, 0.3) is 11.8 Å². The molecule has 5 heteroatoms. The van der Waals surface area contributed by atoms with Crippen molar-refractivity contribution in [2.24, 2.45) is 0 Å². The molecule has 0 saturated carbocycles. The Balaban J connectivity index is 1.73. The molecular formula is C14H13NO4. The maximum Gasteiger partial charge on any atom is 0.311 e. The summed E-state index contributed by atoms with van der Waals surface area (Å²) in [6, 6.07) is 8.76. The minimum absolute atomic E-state index is 0.159. The van der Waals surface area contributed by atoms with E-state index in [2.05, 4.69) is 0 Å². The zero-order valence-corrected chi connectivity index (χ0v) is 10.2. The summed E-state index contributed by atoms with van der Waals surface area (Å²) >= 11 is 0. The van der Waals surface area contributed by atoms with Gasteiger partial charge in [-0.2, -0.15) is 0 Å². The molecule has 19 heavy (non-hydrogen) atoms. The van der Waals surface area contributed by atoms with Gasteiger partial charge in [0.05, 0.1) is 0 Å². The lowest BCUT2D eigenvalue weighted by Crippen LogP contribution is -2.31. The molecule has 98 valence electrons. The van der Waals surface area contributed by atoms with E-state index >= 15 is 0 Å². The number of hydrogen-bond acceptors (Lipinski definition) is 4. The first-order chi connectivity index (χ1) is 9.16. The van der Waals surface area contributed by atoms with Crippen LogP contribution in [0.5, 0.6) is 5.75 Å². The van der Waals surface area contributed by atoms with Crippen LogP contribution in [0.2, 0.25) is 0 Å². The van der Waals surface area contributed by atoms with Gasteiger partial charge in [-0.05, 0) is 18.6 Å². The smallest absolute Gasteiger partial charge is 0.311 e. The minimum Gasteiger partial charge on any atom is -0.427 e. The monoisotopic (exact) mass is 259 g/mol. The van der Waals surface area contributed by atoms with Crippen LogP contribution in [0.4, 0.5) is 0 Å². The molecule has 2 amide bonds. The standard InChI is InChI=1S/C14H13NO4/c16-12-8-9-13(17)15(12)10-4-7-14(18)19-11-5-2-1-3-6-11/h1-3,5-6,8-9H,4,7,10H2. The number of carbonyl (C=O) groups is 3. The van der Waals surface area contributed by atoms with Crippen molar-refractivity contribution in [2.45, 2.75) is 12.8 Å². The molecule has 5 nitrogen and oxygen atoms in total. The van der Waals surface area contributed by atoms with Gasteiger partial charge in [0.15, 0.2) is 0 Å². The van der Waals surface area contributed by atoms with Gasteiger partial charge in [0, 0.05) is 25.1 Å². The van der Waals surface area contributed by atoms with E-state index in [0.717, 1.165) is 4.90 Å². The van der Waals surface area contributed by atoms with Crippen molar-refractivity contribution in [3.05, 3.63) is 42.5 Å². The number of rotatable bonds is 5. The Morgan fingerprint density at radius 3 is 2.32 bits per heavy atom. The highest BCUT2D eigenvalue weighted by Crippen LogP contribution is 2.10. The summed E-state index contributed by atoms with van der Waals surface area (Å²) in [4.78, 5) is 35.1. The van der Waals surface area contributed by atoms with Crippen molar-refractivity contribution in [3.8, 4) is 5.75 Å². The summed E-state index contributed by atoms with van der Waals surface area (Å²) < 4.78 is 5.09. The van der Waals surface area contributed by atoms with E-state index < -0.39 is 0 Å². The number of carbonyl (C=O) groups excluding carboxylic acids is 3. The fourth-order valence-electron chi connectivity index (χ4n) is 1.70. The van der Waals surface area contributed by atoms with Crippen LogP contribution in [-0.2, 0) is 14.4 Å². The van der Waals surface area contributed by atoms with Crippen LogP contribution in [0.25, 0.3) is 0 Å². The Hall–Kier alpha value is -2.43. The number of imide groups is 1. The Labute approximate surface area is 110 Å². The van der Waals surface area contributed by atoms with Crippen molar-refractivity contribution in [3.63, 3.8) is 0 Å². The van der Waals surface area contributed by atoms with Gasteiger partial charge in [-0.15, -0.1) is 0 Å². The van der Waals surface area contributed by atoms with Crippen molar-refractivity contribution in [1.82, 2.24) is 4.90 Å². The lowest BCUT2D eigenvalue weighted by molar-refractivity contribution is -0.139. The SMILES string of the molecule is O=C(CCCN1C(=O)C=CC1=O)Oc1ccccc1. The van der Waals surface area contributed by atoms with Crippen LogP contribution in [-0.4, -0.2) is 29.2 Å². The quantitative estimate of drug-likeness (QED) is 0.454. The summed E-state index contributed by atoms with van der Waals surface area (Å²) in [5.41, 5.74) is 0. The first kappa shape index (κ1) is 13.0. The van der Waals surface area contributed by atoms with E-state index in [4.69, 9.17) is 4.74 Å². The molecule has 1 aromatic rings. The number of hydrogen-bond donors (Lipinski definition) is 0. The first-order valence-electron chi connectivity index (χ1n) is 5.96. The highest BCUT2D eigenvalue weighted by Gasteiger charge is 2.22. The van der Waals surface area contributed by atoms with Crippen molar-refractivity contribution < 1.29 is 19.1 Å². The van der Waals surface area contributed by atoms with Crippen LogP contribution in [0.3, 0.4) is 0 Å². The Kier molecular flexibility index (Phi) is 4.07. The predicted octanol–water partition coefficient (Wildman–Crippen LogP) is 1.30. The molecule has 0 aliphatic carbocycles. The zero-order valence-electron chi connectivity index (χ0n) is 10.2. The first-order valence-corrected chi connectivity index (χ1v) is 5.96. The molecule has 0 bridgehead atoms. The summed E-state index contributed by atoms with van der Waals surface area (Å²) in [5.74, 6) is -0.552. The fraction of sp³-hybridized carbons (Fsp3) is 0.214. The number of para-hydroxylation sites is 1. The Bertz CT molecular complexity index is 504. The molecule has 1 aliphatic rings. The van der Waals surface area contributed by atoms with E-state index in [-0.39, 0.29) is 30.7 Å². The molecule has 0 atom stereocenters. The molecule has 0 N–H and O–H groups in total. The van der Waals surface area contributed by atoms with Gasteiger partial charge < -0.3 is 4.74 Å². The van der Waals surface area contributed by atoms with E-state index in [1.807, 2.05) is 6.07 Å². The average molecular weight is 259 g/mol. The molecule has 0 radical (unpaired) electrons. The van der Waals surface area contributed by atoms with Crippen LogP contribution in [0.15, 0.2) is 42.5 Å². The summed E-state index contributed by atoms with van der Waals surface area (Å²) in [6.45, 7) is 0.231. The molecule has 1 aliphatic heterocycles. The second kappa shape index (κ2) is 5.95. The van der Waals surface area contributed by atoms with Crippen LogP contribution in [0, 0.1) is 0 Å². The minimum atomic E-state index is -0.377. The molecule has 0 fully saturated rings. The highest BCUT2D eigenvalue weighted by atomic mass is 16.5. The van der Waals surface area contributed by atoms with Crippen LogP contribution >= 0.6 is 0 Å². The molecule has 2 rings (SSSR count). The topological polar surface area (TPSA) is 63.7 Å². The lowest BCUT2D eigenvalue weighted by atomic mass is 10.3. The number of benzene rings is 1. The highest BCUT2D eigenvalue weighted by molar-refractivity contribution is 6.12. The second-order valence-corrected chi connectivity index (χ2v) is 4.05. The third kappa shape index (κ3) is 3.51. The molecule has 1 heterocycles. The van der Waals surface area contributed by atoms with E-state index in [9.17, 15) is 14.4 Å². The maximum atomic E-state index is 11.5. The molecule has 1 aromatic carbocycles. The molecule has 0 saturated heterocycles. The van der Waals surface area contributed by atoms with Crippen molar-refractivity contribution >= 4 is 17.8 Å². The van der Waals surface area contributed by atoms with Crippen molar-refractivity contribution in [1.29, 1.82) is 0 Å². The number of esters is 1. The fourth-order valence-corrected chi connectivity index (χ4v) is 1.70. The third-order valence-electron chi connectivity index (χ3n) is 2.64. The van der Waals surface area contributed by atoms with Gasteiger partial charge >= 0.3 is 5.97 Å². The normalized spacial score (nSPS) is 14.0. The van der Waals surface area contributed by atoms with E-state index in [1.54, 1.807) is 24.3 Å². The number of nitrogens with zero attached hydrogens (tertiary/aromatic N) is 1. The van der Waals surface area contributed by atoms with Crippen LogP contribution in [0.1, 0.15) is 12.8 Å². The zero-order chi connectivity index (χ0) is 13.7. The predicted molar refractivity (Wildman–Crippen MR) is 67.2 cm³/mol. The van der Waals surface area contributed by atoms with Crippen molar-refractivity contribution in [2.75, 3.05) is 6.54 Å². The molecule has 0 unspecified atom stereocenters. The van der Waals surface area contributed by atoms with Gasteiger partial charge in [-0.3, -0.25) is 19.3 Å². The molecule has 0 spiro atoms. The van der Waals surface area contributed by atoms with Gasteiger partial charge in [-0.25, -0.2) is 0 Å². The maximum absolute atomic E-state index is 11.5. The largest absolute Gasteiger partial charge is 0.427 e. The van der Waals surface area contributed by atoms with E-state index in [0.29, 0.717) is 12.2 Å². The Morgan fingerprint density at radius 1 is 1.05 bits per heavy atom. The van der Waals surface area contributed by atoms with E-state index in [1.165, 1.54) is 12.2 Å². The van der Waals surface area contributed by atoms with Gasteiger partial charge in [0.1, 0.15) is 5.75 Å². The van der Waals surface area contributed by atoms with Crippen LogP contribution < -0.4 is 4.74 Å². The number of ether oxygens (including phenoxy) is 1. The summed E-state index contributed by atoms with van der Waals surface area (Å²) in [6.07, 6.45) is 3.01. The lowest BCUT2D eigenvalue weighted by Gasteiger charge is -2.12. The molecular weight excluding hydrogens is 246 g/mol. The summed E-state index contributed by atoms with van der Waals surface area (Å²) in [7, 11) is 0. The van der Waals surface area contributed by atoms with Gasteiger partial charge in [-0.1, -0.05) is 18.2 Å². The second-order valence-electron chi connectivity index (χ2n) is 4.05. The Morgan fingerprint density at radius 2 is 1.68 bits per heavy atom. The van der Waals surface area contributed by atoms with Gasteiger partial charge in [0.2, 0.25) is 0 Å². The average Bonchev–Trinajstić information content (AvgIpc) is 2.71. The third-order valence-corrected chi connectivity index (χ3v) is 2.64. The number of amides is 2. The summed E-state index contributed by atoms with van der Waals surface area (Å²) in [5, 5.41) is 0. The molecule has 0 aromatic heterocycles.